The maximum atomic E-state index is 12.2. The molecule has 0 spiro atoms. The van der Waals surface area contributed by atoms with E-state index in [1.165, 1.54) is 24.3 Å². The quantitative estimate of drug-likeness (QED) is 0.556. The van der Waals surface area contributed by atoms with Crippen LogP contribution in [0.4, 0.5) is 24.8 Å². The fraction of sp³-hybridized carbons (Fsp3) is 0.389. The summed E-state index contributed by atoms with van der Waals surface area (Å²) in [6, 6.07) is 7.08. The molecule has 1 aromatic carbocycles. The lowest BCUT2D eigenvalue weighted by Crippen LogP contribution is -2.47. The van der Waals surface area contributed by atoms with Crippen molar-refractivity contribution in [3.05, 3.63) is 42.7 Å². The van der Waals surface area contributed by atoms with Gasteiger partial charge in [-0.3, -0.25) is 9.89 Å². The van der Waals surface area contributed by atoms with Gasteiger partial charge in [-0.25, -0.2) is 9.97 Å². The van der Waals surface area contributed by atoms with Crippen molar-refractivity contribution >= 4 is 17.6 Å². The van der Waals surface area contributed by atoms with E-state index < -0.39 is 6.36 Å². The van der Waals surface area contributed by atoms with E-state index in [0.717, 1.165) is 38.7 Å². The normalized spacial score (nSPS) is 16.0. The van der Waals surface area contributed by atoms with Crippen molar-refractivity contribution in [3.8, 4) is 5.75 Å². The van der Waals surface area contributed by atoms with Crippen LogP contribution in [-0.4, -0.2) is 66.5 Å². The molecule has 8 nitrogen and oxygen atoms in total. The van der Waals surface area contributed by atoms with Crippen LogP contribution in [0.15, 0.2) is 47.7 Å². The predicted molar refractivity (Wildman–Crippen MR) is 104 cm³/mol. The zero-order valence-electron chi connectivity index (χ0n) is 15.6. The Morgan fingerprint density at radius 3 is 2.38 bits per heavy atom. The Labute approximate surface area is 166 Å². The molecular weight excluding hydrogens is 387 g/mol. The summed E-state index contributed by atoms with van der Waals surface area (Å²) >= 11 is 0. The Balaban J connectivity index is 1.39. The number of alkyl halides is 3. The lowest BCUT2D eigenvalue weighted by Gasteiger charge is -2.34. The van der Waals surface area contributed by atoms with Crippen LogP contribution in [0.5, 0.6) is 5.75 Å². The largest absolute Gasteiger partial charge is 0.573 e. The lowest BCUT2D eigenvalue weighted by atomic mass is 10.3. The molecule has 0 amide bonds. The van der Waals surface area contributed by atoms with Crippen LogP contribution < -0.4 is 20.7 Å². The highest BCUT2D eigenvalue weighted by atomic mass is 19.4. The second kappa shape index (κ2) is 9.41. The molecule has 2 heterocycles. The molecule has 1 aliphatic rings. The Bertz CT molecular complexity index is 791. The van der Waals surface area contributed by atoms with Gasteiger partial charge in [-0.15, -0.1) is 13.2 Å². The van der Waals surface area contributed by atoms with E-state index in [1.54, 1.807) is 18.5 Å². The number of hydrogen-bond acceptors (Lipinski definition) is 6. The molecule has 1 fully saturated rings. The van der Waals surface area contributed by atoms with Gasteiger partial charge in [-0.05, 0) is 30.3 Å². The molecule has 1 aromatic heterocycles. The highest BCUT2D eigenvalue weighted by Crippen LogP contribution is 2.23. The molecule has 156 valence electrons. The van der Waals surface area contributed by atoms with Crippen LogP contribution in [0, 0.1) is 0 Å². The van der Waals surface area contributed by atoms with Gasteiger partial charge in [0.25, 0.3) is 0 Å². The van der Waals surface area contributed by atoms with Crippen LogP contribution in [0.25, 0.3) is 0 Å². The molecule has 0 saturated carbocycles. The van der Waals surface area contributed by atoms with Gasteiger partial charge < -0.3 is 20.7 Å². The van der Waals surface area contributed by atoms with E-state index in [4.69, 9.17) is 5.73 Å². The molecule has 0 aliphatic carbocycles. The molecule has 1 aliphatic heterocycles. The van der Waals surface area contributed by atoms with Gasteiger partial charge in [0.1, 0.15) is 5.75 Å². The van der Waals surface area contributed by atoms with Crippen molar-refractivity contribution < 1.29 is 17.9 Å². The number of nitrogens with two attached hydrogens (primary N) is 1. The van der Waals surface area contributed by atoms with Crippen molar-refractivity contribution in [2.24, 2.45) is 10.7 Å². The summed E-state index contributed by atoms with van der Waals surface area (Å²) in [5, 5.41) is 2.85. The summed E-state index contributed by atoms with van der Waals surface area (Å²) in [7, 11) is 0. The fourth-order valence-corrected chi connectivity index (χ4v) is 2.87. The number of nitrogens with one attached hydrogen (secondary N) is 1. The standard InChI is InChI=1S/C18H22F3N7O/c19-18(20,21)29-15-4-2-14(3-5-15)26-16(22)23-8-9-27-10-12-28(13-11-27)17-24-6-1-7-25-17/h1-7H,8-13H2,(H3,22,23,26). The average molecular weight is 409 g/mol. The van der Waals surface area contributed by atoms with Crippen molar-refractivity contribution in [3.63, 3.8) is 0 Å². The molecular formula is C18H22F3N7O. The zero-order chi connectivity index (χ0) is 20.7. The van der Waals surface area contributed by atoms with E-state index >= 15 is 0 Å². The van der Waals surface area contributed by atoms with Crippen molar-refractivity contribution in [2.75, 3.05) is 49.5 Å². The second-order valence-corrected chi connectivity index (χ2v) is 6.34. The predicted octanol–water partition coefficient (Wildman–Crippen LogP) is 1.92. The minimum atomic E-state index is -4.71. The topological polar surface area (TPSA) is 91.9 Å². The number of aromatic nitrogens is 2. The first-order valence-corrected chi connectivity index (χ1v) is 9.06. The summed E-state index contributed by atoms with van der Waals surface area (Å²) < 4.78 is 40.3. The smallest absolute Gasteiger partial charge is 0.406 e. The first-order chi connectivity index (χ1) is 13.9. The Morgan fingerprint density at radius 2 is 1.76 bits per heavy atom. The number of rotatable bonds is 6. The second-order valence-electron chi connectivity index (χ2n) is 6.34. The van der Waals surface area contributed by atoms with Gasteiger partial charge in [0.15, 0.2) is 5.96 Å². The average Bonchev–Trinajstić information content (AvgIpc) is 2.70. The number of ether oxygens (including phenoxy) is 1. The van der Waals surface area contributed by atoms with Gasteiger partial charge in [0.2, 0.25) is 5.95 Å². The highest BCUT2D eigenvalue weighted by molar-refractivity contribution is 5.92. The first-order valence-electron chi connectivity index (χ1n) is 9.06. The van der Waals surface area contributed by atoms with Crippen LogP contribution >= 0.6 is 0 Å². The molecule has 1 saturated heterocycles. The number of nitrogens with zero attached hydrogens (tertiary/aromatic N) is 5. The minimum Gasteiger partial charge on any atom is -0.406 e. The van der Waals surface area contributed by atoms with E-state index in [9.17, 15) is 13.2 Å². The number of anilines is 2. The lowest BCUT2D eigenvalue weighted by molar-refractivity contribution is -0.274. The molecule has 3 N–H and O–H groups in total. The summed E-state index contributed by atoms with van der Waals surface area (Å²) in [6.07, 6.45) is -1.25. The number of hydrogen-bond donors (Lipinski definition) is 2. The van der Waals surface area contributed by atoms with Crippen LogP contribution in [0.3, 0.4) is 0 Å². The van der Waals surface area contributed by atoms with E-state index in [2.05, 4.69) is 34.8 Å². The maximum Gasteiger partial charge on any atom is 0.573 e. The Hall–Kier alpha value is -3.08. The van der Waals surface area contributed by atoms with Gasteiger partial charge in [0.05, 0.1) is 6.54 Å². The molecule has 11 heteroatoms. The SMILES string of the molecule is NC(=NCCN1CCN(c2ncccn2)CC1)Nc1ccc(OC(F)(F)F)cc1. The third-order valence-corrected chi connectivity index (χ3v) is 4.27. The van der Waals surface area contributed by atoms with Gasteiger partial charge in [-0.1, -0.05) is 0 Å². The minimum absolute atomic E-state index is 0.200. The first kappa shape index (κ1) is 20.6. The molecule has 0 unspecified atom stereocenters. The number of benzene rings is 1. The van der Waals surface area contributed by atoms with E-state index in [0.29, 0.717) is 12.2 Å². The summed E-state index contributed by atoms with van der Waals surface area (Å²) in [4.78, 5) is 17.2. The van der Waals surface area contributed by atoms with Crippen molar-refractivity contribution in [2.45, 2.75) is 6.36 Å². The summed E-state index contributed by atoms with van der Waals surface area (Å²) in [6.45, 7) is 4.70. The Morgan fingerprint density at radius 1 is 1.10 bits per heavy atom. The Kier molecular flexibility index (Phi) is 6.70. The summed E-state index contributed by atoms with van der Waals surface area (Å²) in [5.41, 5.74) is 6.37. The van der Waals surface area contributed by atoms with Crippen molar-refractivity contribution in [1.29, 1.82) is 0 Å². The van der Waals surface area contributed by atoms with Crippen LogP contribution in [0.1, 0.15) is 0 Å². The van der Waals surface area contributed by atoms with Crippen LogP contribution in [-0.2, 0) is 0 Å². The number of guanidine groups is 1. The summed E-state index contributed by atoms with van der Waals surface area (Å²) in [5.74, 6) is 0.648. The third-order valence-electron chi connectivity index (χ3n) is 4.27. The van der Waals surface area contributed by atoms with E-state index in [1.807, 2.05) is 0 Å². The number of piperazine rings is 1. The fourth-order valence-electron chi connectivity index (χ4n) is 2.87. The van der Waals surface area contributed by atoms with E-state index in [-0.39, 0.29) is 11.7 Å². The van der Waals surface area contributed by atoms with Gasteiger partial charge >= 0.3 is 6.36 Å². The number of aliphatic imine (C=N–C) groups is 1. The molecule has 29 heavy (non-hydrogen) atoms. The molecule has 0 bridgehead atoms. The van der Waals surface area contributed by atoms with Gasteiger partial charge in [0, 0.05) is 50.8 Å². The molecule has 0 radical (unpaired) electrons. The monoisotopic (exact) mass is 409 g/mol. The zero-order valence-corrected chi connectivity index (χ0v) is 15.6. The highest BCUT2D eigenvalue weighted by Gasteiger charge is 2.30. The van der Waals surface area contributed by atoms with Crippen molar-refractivity contribution in [1.82, 2.24) is 14.9 Å². The number of halogens is 3. The van der Waals surface area contributed by atoms with Gasteiger partial charge in [-0.2, -0.15) is 0 Å². The molecule has 0 atom stereocenters. The molecule has 3 rings (SSSR count). The maximum absolute atomic E-state index is 12.2. The third kappa shape index (κ3) is 6.79. The molecule has 2 aromatic rings. The van der Waals surface area contributed by atoms with Crippen LogP contribution in [0.2, 0.25) is 0 Å².